The Bertz CT molecular complexity index is 894. The quantitative estimate of drug-likeness (QED) is 0.863. The van der Waals surface area contributed by atoms with Gasteiger partial charge in [-0.1, -0.05) is 6.07 Å². The number of nitrogens with one attached hydrogen (secondary N) is 1. The predicted molar refractivity (Wildman–Crippen MR) is 112 cm³/mol. The summed E-state index contributed by atoms with van der Waals surface area (Å²) in [5.74, 6) is -1.20. The summed E-state index contributed by atoms with van der Waals surface area (Å²) in [6.07, 6.45) is 0.154. The van der Waals surface area contributed by atoms with Crippen LogP contribution >= 0.6 is 0 Å². The van der Waals surface area contributed by atoms with E-state index in [9.17, 15) is 14.0 Å². The van der Waals surface area contributed by atoms with Gasteiger partial charge in [0.1, 0.15) is 5.82 Å². The van der Waals surface area contributed by atoms with Gasteiger partial charge in [-0.15, -0.1) is 0 Å². The molecule has 2 aliphatic heterocycles. The van der Waals surface area contributed by atoms with Crippen LogP contribution in [0.3, 0.4) is 0 Å². The number of carbonyl (C=O) groups excluding carboxylic acids is 2. The Morgan fingerprint density at radius 1 is 1.03 bits per heavy atom. The van der Waals surface area contributed by atoms with Crippen molar-refractivity contribution in [3.63, 3.8) is 0 Å². The lowest BCUT2D eigenvalue weighted by molar-refractivity contribution is -0.122. The van der Waals surface area contributed by atoms with Crippen molar-refractivity contribution < 1.29 is 14.0 Å². The van der Waals surface area contributed by atoms with Crippen molar-refractivity contribution in [2.75, 3.05) is 54.9 Å². The summed E-state index contributed by atoms with van der Waals surface area (Å²) in [5, 5.41) is 2.70. The molecule has 0 saturated carbocycles. The molecule has 0 radical (unpaired) electrons. The van der Waals surface area contributed by atoms with Crippen molar-refractivity contribution in [3.8, 4) is 0 Å². The van der Waals surface area contributed by atoms with Crippen LogP contribution in [0.15, 0.2) is 48.5 Å². The number of benzene rings is 2. The highest BCUT2D eigenvalue weighted by Crippen LogP contribution is 2.28. The minimum Gasteiger partial charge on any atom is -0.369 e. The maximum absolute atomic E-state index is 13.3. The van der Waals surface area contributed by atoms with Crippen LogP contribution < -0.4 is 15.1 Å². The Morgan fingerprint density at radius 2 is 1.72 bits per heavy atom. The number of hydrogen-bond donors (Lipinski definition) is 1. The molecule has 152 valence electrons. The van der Waals surface area contributed by atoms with Gasteiger partial charge in [-0.3, -0.25) is 9.59 Å². The molecule has 1 N–H and O–H groups in total. The number of nitrogens with zero attached hydrogens (tertiary/aromatic N) is 3. The second-order valence-corrected chi connectivity index (χ2v) is 7.71. The summed E-state index contributed by atoms with van der Waals surface area (Å²) in [6, 6.07) is 13.7. The normalized spacial score (nSPS) is 20.2. The first-order valence-corrected chi connectivity index (χ1v) is 9.90. The summed E-state index contributed by atoms with van der Waals surface area (Å²) in [4.78, 5) is 31.3. The van der Waals surface area contributed by atoms with Gasteiger partial charge < -0.3 is 20.0 Å². The van der Waals surface area contributed by atoms with Gasteiger partial charge in [0.25, 0.3) is 0 Å². The Labute approximate surface area is 169 Å². The summed E-state index contributed by atoms with van der Waals surface area (Å²) in [5.41, 5.74) is 2.35. The van der Waals surface area contributed by atoms with Gasteiger partial charge in [0.2, 0.25) is 11.8 Å². The van der Waals surface area contributed by atoms with E-state index >= 15 is 0 Å². The molecule has 0 aliphatic carbocycles. The van der Waals surface area contributed by atoms with E-state index < -0.39 is 11.7 Å². The van der Waals surface area contributed by atoms with E-state index in [-0.39, 0.29) is 18.2 Å². The van der Waals surface area contributed by atoms with E-state index in [1.54, 1.807) is 17.0 Å². The summed E-state index contributed by atoms with van der Waals surface area (Å²) in [7, 11) is 2.13. The number of rotatable bonds is 4. The van der Waals surface area contributed by atoms with Crippen molar-refractivity contribution >= 4 is 28.9 Å². The summed E-state index contributed by atoms with van der Waals surface area (Å²) >= 11 is 0. The summed E-state index contributed by atoms with van der Waals surface area (Å²) in [6.45, 7) is 4.37. The standard InChI is InChI=1S/C22H25FN4O2/c1-25-9-11-26(12-10-25)19-5-7-20(8-6-19)27-15-16(13-21(27)28)22(29)24-18-4-2-3-17(23)14-18/h2-8,14,16H,9-13,15H2,1H3,(H,24,29). The fraction of sp³-hybridized carbons (Fsp3) is 0.364. The van der Waals surface area contributed by atoms with Gasteiger partial charge >= 0.3 is 0 Å². The molecule has 1 unspecified atom stereocenters. The lowest BCUT2D eigenvalue weighted by Gasteiger charge is -2.34. The van der Waals surface area contributed by atoms with E-state index in [0.29, 0.717) is 12.2 Å². The Hall–Kier alpha value is -2.93. The molecule has 6 nitrogen and oxygen atoms in total. The van der Waals surface area contributed by atoms with E-state index in [4.69, 9.17) is 0 Å². The monoisotopic (exact) mass is 396 g/mol. The average molecular weight is 396 g/mol. The zero-order chi connectivity index (χ0) is 20.4. The number of likely N-dealkylation sites (N-methyl/N-ethyl adjacent to an activating group) is 1. The highest BCUT2D eigenvalue weighted by molar-refractivity contribution is 6.03. The Morgan fingerprint density at radius 3 is 2.41 bits per heavy atom. The van der Waals surface area contributed by atoms with Crippen LogP contribution in [-0.2, 0) is 9.59 Å². The zero-order valence-electron chi connectivity index (χ0n) is 16.5. The first-order chi connectivity index (χ1) is 14.0. The van der Waals surface area contributed by atoms with Gasteiger partial charge in [0.05, 0.1) is 5.92 Å². The van der Waals surface area contributed by atoms with Gasteiger partial charge in [0, 0.05) is 56.2 Å². The predicted octanol–water partition coefficient (Wildman–Crippen LogP) is 2.57. The fourth-order valence-corrected chi connectivity index (χ4v) is 3.85. The largest absolute Gasteiger partial charge is 0.369 e. The van der Waals surface area contributed by atoms with E-state index in [2.05, 4.69) is 22.2 Å². The topological polar surface area (TPSA) is 55.9 Å². The minimum atomic E-state index is -0.455. The molecule has 4 rings (SSSR count). The lowest BCUT2D eigenvalue weighted by atomic mass is 10.1. The smallest absolute Gasteiger partial charge is 0.229 e. The third-order valence-corrected chi connectivity index (χ3v) is 5.62. The van der Waals surface area contributed by atoms with Crippen molar-refractivity contribution in [1.82, 2.24) is 4.90 Å². The molecule has 1 atom stereocenters. The van der Waals surface area contributed by atoms with Crippen LogP contribution in [0, 0.1) is 11.7 Å². The molecule has 2 aromatic carbocycles. The van der Waals surface area contributed by atoms with E-state index in [1.165, 1.54) is 12.1 Å². The van der Waals surface area contributed by atoms with Gasteiger partial charge in [0.15, 0.2) is 0 Å². The molecule has 0 bridgehead atoms. The lowest BCUT2D eigenvalue weighted by Crippen LogP contribution is -2.44. The molecular weight excluding hydrogens is 371 g/mol. The first kappa shape index (κ1) is 19.4. The van der Waals surface area contributed by atoms with E-state index in [0.717, 1.165) is 37.6 Å². The molecule has 7 heteroatoms. The van der Waals surface area contributed by atoms with Crippen LogP contribution in [0.2, 0.25) is 0 Å². The number of anilines is 3. The maximum atomic E-state index is 13.3. The first-order valence-electron chi connectivity index (χ1n) is 9.90. The third kappa shape index (κ3) is 4.40. The molecule has 2 aromatic rings. The molecule has 2 saturated heterocycles. The van der Waals surface area contributed by atoms with Crippen molar-refractivity contribution in [2.45, 2.75) is 6.42 Å². The molecule has 2 aliphatic rings. The van der Waals surface area contributed by atoms with E-state index in [1.807, 2.05) is 24.3 Å². The second-order valence-electron chi connectivity index (χ2n) is 7.71. The van der Waals surface area contributed by atoms with Crippen LogP contribution in [0.1, 0.15) is 6.42 Å². The highest BCUT2D eigenvalue weighted by atomic mass is 19.1. The van der Waals surface area contributed by atoms with Crippen LogP contribution in [-0.4, -0.2) is 56.5 Å². The van der Waals surface area contributed by atoms with Crippen molar-refractivity contribution in [2.24, 2.45) is 5.92 Å². The van der Waals surface area contributed by atoms with Gasteiger partial charge in [-0.05, 0) is 49.5 Å². The Kier molecular flexibility index (Phi) is 5.49. The summed E-state index contributed by atoms with van der Waals surface area (Å²) < 4.78 is 13.3. The zero-order valence-corrected chi connectivity index (χ0v) is 16.5. The van der Waals surface area contributed by atoms with Crippen LogP contribution in [0.5, 0.6) is 0 Å². The molecule has 2 amide bonds. The van der Waals surface area contributed by atoms with Crippen molar-refractivity contribution in [3.05, 3.63) is 54.3 Å². The number of piperazine rings is 1. The fourth-order valence-electron chi connectivity index (χ4n) is 3.85. The minimum absolute atomic E-state index is 0.0725. The molecule has 0 spiro atoms. The van der Waals surface area contributed by atoms with Crippen molar-refractivity contribution in [1.29, 1.82) is 0 Å². The van der Waals surface area contributed by atoms with Crippen LogP contribution in [0.4, 0.5) is 21.5 Å². The highest BCUT2D eigenvalue weighted by Gasteiger charge is 2.35. The molecule has 0 aromatic heterocycles. The molecular formula is C22H25FN4O2. The Balaban J connectivity index is 1.39. The van der Waals surface area contributed by atoms with Gasteiger partial charge in [-0.25, -0.2) is 4.39 Å². The average Bonchev–Trinajstić information content (AvgIpc) is 3.11. The molecule has 2 fully saturated rings. The molecule has 29 heavy (non-hydrogen) atoms. The number of halogens is 1. The maximum Gasteiger partial charge on any atom is 0.229 e. The SMILES string of the molecule is CN1CCN(c2ccc(N3CC(C(=O)Nc4cccc(F)c4)CC3=O)cc2)CC1. The number of amides is 2. The number of carbonyl (C=O) groups is 2. The molecule has 2 heterocycles. The van der Waals surface area contributed by atoms with Gasteiger partial charge in [-0.2, -0.15) is 0 Å². The second kappa shape index (κ2) is 8.21. The number of hydrogen-bond acceptors (Lipinski definition) is 4. The van der Waals surface area contributed by atoms with Crippen LogP contribution in [0.25, 0.3) is 0 Å². The third-order valence-electron chi connectivity index (χ3n) is 5.62.